The summed E-state index contributed by atoms with van der Waals surface area (Å²) in [5, 5.41) is 11.3. The van der Waals surface area contributed by atoms with E-state index < -0.39 is 5.97 Å². The minimum absolute atomic E-state index is 0.00742. The van der Waals surface area contributed by atoms with E-state index in [1.807, 2.05) is 0 Å². The maximum Gasteiger partial charge on any atom is 0.317 e. The molecule has 0 fully saturated rings. The third-order valence-corrected chi connectivity index (χ3v) is 3.36. The highest BCUT2D eigenvalue weighted by Crippen LogP contribution is 2.07. The first-order valence-electron chi connectivity index (χ1n) is 8.56. The lowest BCUT2D eigenvalue weighted by Crippen LogP contribution is -2.26. The lowest BCUT2D eigenvalue weighted by molar-refractivity contribution is -0.137. The van der Waals surface area contributed by atoms with E-state index in [0.29, 0.717) is 13.0 Å². The van der Waals surface area contributed by atoms with Gasteiger partial charge in [-0.2, -0.15) is 0 Å². The highest BCUT2D eigenvalue weighted by molar-refractivity contribution is 5.76. The van der Waals surface area contributed by atoms with Gasteiger partial charge in [0.05, 0.1) is 6.54 Å². The molecule has 0 aliphatic carbocycles. The summed E-state index contributed by atoms with van der Waals surface area (Å²) >= 11 is 0. The van der Waals surface area contributed by atoms with Gasteiger partial charge >= 0.3 is 5.97 Å². The van der Waals surface area contributed by atoms with Crippen molar-refractivity contribution >= 4 is 11.9 Å². The number of unbranched alkanes of at least 4 members (excludes halogenated alkanes) is 5. The molecule has 5 nitrogen and oxygen atoms in total. The summed E-state index contributed by atoms with van der Waals surface area (Å²) in [5.41, 5.74) is 0. The second kappa shape index (κ2) is 15.3. The number of hydrogen-bond acceptors (Lipinski definition) is 3. The number of rotatable bonds is 14. The van der Waals surface area contributed by atoms with Crippen molar-refractivity contribution in [3.63, 3.8) is 0 Å². The third-order valence-electron chi connectivity index (χ3n) is 3.36. The smallest absolute Gasteiger partial charge is 0.317 e. The van der Waals surface area contributed by atoms with Crippen molar-refractivity contribution in [2.45, 2.75) is 58.3 Å². The Bertz CT molecular complexity index is 378. The third kappa shape index (κ3) is 16.6. The van der Waals surface area contributed by atoms with Crippen LogP contribution >= 0.6 is 0 Å². The quantitative estimate of drug-likeness (QED) is 0.380. The van der Waals surface area contributed by atoms with E-state index in [-0.39, 0.29) is 12.5 Å². The number of hydrogen-bond donors (Lipinski definition) is 2. The molecule has 0 saturated carbocycles. The zero-order valence-corrected chi connectivity index (χ0v) is 14.6. The zero-order valence-electron chi connectivity index (χ0n) is 14.6. The number of carbonyl (C=O) groups excluding carboxylic acids is 1. The minimum Gasteiger partial charge on any atom is -0.480 e. The summed E-state index contributed by atoms with van der Waals surface area (Å²) in [4.78, 5) is 23.7. The maximum atomic E-state index is 11.6. The summed E-state index contributed by atoms with van der Waals surface area (Å²) in [7, 11) is 1.72. The lowest BCUT2D eigenvalue weighted by atomic mass is 10.1. The van der Waals surface area contributed by atoms with Gasteiger partial charge in [-0.05, 0) is 32.7 Å². The molecular weight excluding hydrogens is 292 g/mol. The zero-order chi connectivity index (χ0) is 17.3. The molecule has 132 valence electrons. The van der Waals surface area contributed by atoms with Crippen molar-refractivity contribution < 1.29 is 14.7 Å². The summed E-state index contributed by atoms with van der Waals surface area (Å²) in [6.07, 6.45) is 16.3. The molecule has 0 aromatic carbocycles. The normalized spacial score (nSPS) is 11.6. The van der Waals surface area contributed by atoms with E-state index in [0.717, 1.165) is 25.7 Å². The van der Waals surface area contributed by atoms with Gasteiger partial charge in [0.2, 0.25) is 5.91 Å². The molecule has 0 saturated heterocycles. The predicted octanol–water partition coefficient (Wildman–Crippen LogP) is 3.33. The second-order valence-corrected chi connectivity index (χ2v) is 5.75. The van der Waals surface area contributed by atoms with Crippen molar-refractivity contribution in [2.75, 3.05) is 20.1 Å². The van der Waals surface area contributed by atoms with Gasteiger partial charge in [-0.15, -0.1) is 0 Å². The van der Waals surface area contributed by atoms with Crippen LogP contribution in [0.15, 0.2) is 24.4 Å². The Morgan fingerprint density at radius 1 is 1.04 bits per heavy atom. The molecular formula is C18H32N2O3. The Hall–Kier alpha value is -1.62. The Morgan fingerprint density at radius 2 is 1.74 bits per heavy atom. The summed E-state index contributed by atoms with van der Waals surface area (Å²) < 4.78 is 0. The van der Waals surface area contributed by atoms with E-state index in [1.165, 1.54) is 19.3 Å². The van der Waals surface area contributed by atoms with Crippen molar-refractivity contribution in [3.05, 3.63) is 24.4 Å². The van der Waals surface area contributed by atoms with Gasteiger partial charge in [-0.1, -0.05) is 44.4 Å². The van der Waals surface area contributed by atoms with Gasteiger partial charge < -0.3 is 10.4 Å². The van der Waals surface area contributed by atoms with E-state index >= 15 is 0 Å². The number of nitrogens with zero attached hydrogens (tertiary/aromatic N) is 1. The Morgan fingerprint density at radius 3 is 2.43 bits per heavy atom. The number of carboxylic acids is 1. The van der Waals surface area contributed by atoms with E-state index in [2.05, 4.69) is 24.4 Å². The summed E-state index contributed by atoms with van der Waals surface area (Å²) in [6.45, 7) is 2.64. The molecule has 0 atom stereocenters. The average molecular weight is 324 g/mol. The number of aliphatic carboxylic acids is 1. The fourth-order valence-electron chi connectivity index (χ4n) is 2.11. The fraction of sp³-hybridized carbons (Fsp3) is 0.667. The molecule has 0 aromatic rings. The Balaban J connectivity index is 3.46. The van der Waals surface area contributed by atoms with Crippen LogP contribution in [0.1, 0.15) is 58.3 Å². The molecule has 5 heteroatoms. The molecule has 0 heterocycles. The standard InChI is InChI=1S/C18H32N2O3/c1-3-4-5-6-7-8-9-10-11-13-17(21)19-14-12-15-20(2)16-18(22)23/h4-5,12,14H,3,6-11,13,15-16H2,1-2H3,(H,19,21)(H,22,23). The fourth-order valence-corrected chi connectivity index (χ4v) is 2.11. The van der Waals surface area contributed by atoms with Crippen LogP contribution in [0.4, 0.5) is 0 Å². The van der Waals surface area contributed by atoms with Crippen LogP contribution in [0.2, 0.25) is 0 Å². The van der Waals surface area contributed by atoms with E-state index in [1.54, 1.807) is 24.2 Å². The number of likely N-dealkylation sites (N-methyl/N-ethyl adjacent to an activating group) is 1. The number of amides is 1. The highest BCUT2D eigenvalue weighted by atomic mass is 16.4. The van der Waals surface area contributed by atoms with Crippen LogP contribution in [0, 0.1) is 0 Å². The summed E-state index contributed by atoms with van der Waals surface area (Å²) in [6, 6.07) is 0. The van der Waals surface area contributed by atoms with E-state index in [4.69, 9.17) is 5.11 Å². The first kappa shape index (κ1) is 21.4. The van der Waals surface area contributed by atoms with Gasteiger partial charge in [0, 0.05) is 19.2 Å². The SMILES string of the molecule is CCC=CCCCCCCCC(=O)NC=CCN(C)CC(=O)O. The minimum atomic E-state index is -0.855. The number of nitrogens with one attached hydrogen (secondary N) is 1. The molecule has 0 aliphatic heterocycles. The van der Waals surface area contributed by atoms with Gasteiger partial charge in [-0.3, -0.25) is 14.5 Å². The number of carboxylic acid groups (broad SMARTS) is 1. The van der Waals surface area contributed by atoms with Crippen LogP contribution in [0.3, 0.4) is 0 Å². The topological polar surface area (TPSA) is 69.6 Å². The molecule has 0 unspecified atom stereocenters. The maximum absolute atomic E-state index is 11.6. The Kier molecular flexibility index (Phi) is 14.2. The molecule has 0 aromatic heterocycles. The number of carbonyl (C=O) groups is 2. The number of allylic oxidation sites excluding steroid dienone is 2. The van der Waals surface area contributed by atoms with Gasteiger partial charge in [0.15, 0.2) is 0 Å². The molecule has 2 N–H and O–H groups in total. The lowest BCUT2D eigenvalue weighted by Gasteiger charge is -2.10. The van der Waals surface area contributed by atoms with Crippen LogP contribution in [0.5, 0.6) is 0 Å². The molecule has 0 bridgehead atoms. The van der Waals surface area contributed by atoms with Gasteiger partial charge in [-0.25, -0.2) is 0 Å². The molecule has 1 amide bonds. The second-order valence-electron chi connectivity index (χ2n) is 5.75. The molecule has 0 spiro atoms. The Labute approximate surface area is 140 Å². The molecule has 0 rings (SSSR count). The molecule has 0 radical (unpaired) electrons. The van der Waals surface area contributed by atoms with Crippen molar-refractivity contribution in [1.29, 1.82) is 0 Å². The van der Waals surface area contributed by atoms with Crippen molar-refractivity contribution in [3.8, 4) is 0 Å². The van der Waals surface area contributed by atoms with Crippen LogP contribution in [-0.2, 0) is 9.59 Å². The monoisotopic (exact) mass is 324 g/mol. The molecule has 0 aliphatic rings. The highest BCUT2D eigenvalue weighted by Gasteiger charge is 2.01. The van der Waals surface area contributed by atoms with Gasteiger partial charge in [0.1, 0.15) is 0 Å². The largest absolute Gasteiger partial charge is 0.480 e. The van der Waals surface area contributed by atoms with Crippen molar-refractivity contribution in [2.24, 2.45) is 0 Å². The van der Waals surface area contributed by atoms with Crippen LogP contribution in [-0.4, -0.2) is 42.0 Å². The molecule has 23 heavy (non-hydrogen) atoms. The van der Waals surface area contributed by atoms with Crippen molar-refractivity contribution in [1.82, 2.24) is 10.2 Å². The van der Waals surface area contributed by atoms with Crippen LogP contribution in [0.25, 0.3) is 0 Å². The first-order valence-corrected chi connectivity index (χ1v) is 8.56. The predicted molar refractivity (Wildman–Crippen MR) is 94.2 cm³/mol. The van der Waals surface area contributed by atoms with Gasteiger partial charge in [0.25, 0.3) is 0 Å². The first-order chi connectivity index (χ1) is 11.1. The summed E-state index contributed by atoms with van der Waals surface area (Å²) in [5.74, 6) is -0.834. The van der Waals surface area contributed by atoms with E-state index in [9.17, 15) is 9.59 Å². The van der Waals surface area contributed by atoms with Crippen LogP contribution < -0.4 is 5.32 Å². The average Bonchev–Trinajstić information content (AvgIpc) is 2.49.